The molecular weight excluding hydrogens is 636 g/mol. The fourth-order valence-electron chi connectivity index (χ4n) is 3.46. The quantitative estimate of drug-likeness (QED) is 0.183. The Morgan fingerprint density at radius 2 is 1.92 bits per heavy atom. The highest BCUT2D eigenvalue weighted by molar-refractivity contribution is 9.11. The molecule has 0 atom stereocenters. The standard InChI is InChI=1S/C25H19Br2ClN2O7/c1-34-21-9-13(7-18(28)22(21)36-12-14-3-4-15(26)10-17(14)27)8-19-23(31)30(25(33)29-19)11-16-5-6-20(37-16)24(32)35-2/h3-10H,11-12H2,1-2H3,(H,29,33)/b19-8-. The molecule has 1 aromatic heterocycles. The average Bonchev–Trinajstić information content (AvgIpc) is 3.44. The van der Waals surface area contributed by atoms with Gasteiger partial charge in [0.1, 0.15) is 18.1 Å². The number of ether oxygens (including phenoxy) is 3. The number of nitrogens with one attached hydrogen (secondary N) is 1. The fraction of sp³-hybridized carbons (Fsp3) is 0.160. The highest BCUT2D eigenvalue weighted by atomic mass is 79.9. The fourth-order valence-corrected chi connectivity index (χ4v) is 4.90. The summed E-state index contributed by atoms with van der Waals surface area (Å²) in [6.07, 6.45) is 1.48. The molecule has 0 radical (unpaired) electrons. The molecule has 0 aliphatic carbocycles. The van der Waals surface area contributed by atoms with Gasteiger partial charge < -0.3 is 23.9 Å². The number of furan rings is 1. The predicted molar refractivity (Wildman–Crippen MR) is 141 cm³/mol. The Hall–Kier alpha value is -3.28. The third-order valence-electron chi connectivity index (χ3n) is 5.27. The minimum atomic E-state index is -0.660. The second-order valence-corrected chi connectivity index (χ2v) is 9.87. The van der Waals surface area contributed by atoms with E-state index in [1.807, 2.05) is 18.2 Å². The number of hydrogen-bond acceptors (Lipinski definition) is 7. The van der Waals surface area contributed by atoms with Gasteiger partial charge in [-0.15, -0.1) is 0 Å². The largest absolute Gasteiger partial charge is 0.493 e. The lowest BCUT2D eigenvalue weighted by Crippen LogP contribution is -2.30. The zero-order chi connectivity index (χ0) is 26.7. The number of hydrogen-bond donors (Lipinski definition) is 1. The molecule has 3 aromatic rings. The van der Waals surface area contributed by atoms with Crippen molar-refractivity contribution in [2.45, 2.75) is 13.2 Å². The van der Waals surface area contributed by atoms with E-state index in [0.29, 0.717) is 17.1 Å². The number of amides is 3. The molecule has 37 heavy (non-hydrogen) atoms. The van der Waals surface area contributed by atoms with Crippen molar-refractivity contribution >= 4 is 67.4 Å². The maximum absolute atomic E-state index is 12.9. The van der Waals surface area contributed by atoms with Crippen LogP contribution in [0.3, 0.4) is 0 Å². The van der Waals surface area contributed by atoms with Crippen molar-refractivity contribution in [1.29, 1.82) is 0 Å². The number of methoxy groups -OCH3 is 2. The number of nitrogens with zero attached hydrogens (tertiary/aromatic N) is 1. The summed E-state index contributed by atoms with van der Waals surface area (Å²) in [6, 6.07) is 11.2. The van der Waals surface area contributed by atoms with Crippen LogP contribution < -0.4 is 14.8 Å². The molecule has 1 aliphatic rings. The van der Waals surface area contributed by atoms with E-state index in [2.05, 4.69) is 41.9 Å². The van der Waals surface area contributed by atoms with Gasteiger partial charge in [0.05, 0.1) is 25.8 Å². The normalized spacial score (nSPS) is 14.2. The van der Waals surface area contributed by atoms with Crippen molar-refractivity contribution in [2.75, 3.05) is 14.2 Å². The van der Waals surface area contributed by atoms with Crippen molar-refractivity contribution in [3.8, 4) is 11.5 Å². The van der Waals surface area contributed by atoms with Crippen LogP contribution in [-0.2, 0) is 22.7 Å². The summed E-state index contributed by atoms with van der Waals surface area (Å²) in [4.78, 5) is 37.9. The van der Waals surface area contributed by atoms with Crippen LogP contribution in [0.2, 0.25) is 5.02 Å². The maximum Gasteiger partial charge on any atom is 0.373 e. The second kappa shape index (κ2) is 11.4. The molecule has 9 nitrogen and oxygen atoms in total. The topological polar surface area (TPSA) is 107 Å². The number of rotatable bonds is 8. The van der Waals surface area contributed by atoms with E-state index in [9.17, 15) is 14.4 Å². The van der Waals surface area contributed by atoms with Gasteiger partial charge in [0, 0.05) is 14.5 Å². The van der Waals surface area contributed by atoms with Crippen LogP contribution in [0.1, 0.15) is 27.4 Å². The summed E-state index contributed by atoms with van der Waals surface area (Å²) >= 11 is 13.4. The van der Waals surface area contributed by atoms with E-state index in [1.165, 1.54) is 32.4 Å². The third kappa shape index (κ3) is 6.00. The van der Waals surface area contributed by atoms with Crippen molar-refractivity contribution < 1.29 is 33.0 Å². The Balaban J connectivity index is 1.51. The maximum atomic E-state index is 12.9. The predicted octanol–water partition coefficient (Wildman–Crippen LogP) is 5.93. The van der Waals surface area contributed by atoms with Crippen molar-refractivity contribution in [3.63, 3.8) is 0 Å². The molecule has 1 N–H and O–H groups in total. The molecule has 4 rings (SSSR count). The van der Waals surface area contributed by atoms with E-state index in [0.717, 1.165) is 19.4 Å². The van der Waals surface area contributed by atoms with Gasteiger partial charge in [0.2, 0.25) is 5.76 Å². The zero-order valence-corrected chi connectivity index (χ0v) is 23.4. The Kier molecular flexibility index (Phi) is 8.25. The first-order chi connectivity index (χ1) is 17.7. The number of halogens is 3. The molecule has 0 spiro atoms. The summed E-state index contributed by atoms with van der Waals surface area (Å²) in [7, 11) is 2.70. The molecule has 0 saturated carbocycles. The second-order valence-electron chi connectivity index (χ2n) is 7.70. The highest BCUT2D eigenvalue weighted by Crippen LogP contribution is 2.38. The Labute approximate surface area is 233 Å². The molecule has 2 heterocycles. The Morgan fingerprint density at radius 1 is 1.14 bits per heavy atom. The number of imide groups is 1. The van der Waals surface area contributed by atoms with Crippen LogP contribution >= 0.6 is 43.5 Å². The molecule has 0 unspecified atom stereocenters. The molecule has 0 bridgehead atoms. The number of carbonyl (C=O) groups excluding carboxylic acids is 3. The molecule has 2 aromatic carbocycles. The Bertz CT molecular complexity index is 1420. The summed E-state index contributed by atoms with van der Waals surface area (Å²) in [6.45, 7) is 0.0693. The summed E-state index contributed by atoms with van der Waals surface area (Å²) in [5.41, 5.74) is 1.45. The first-order valence-electron chi connectivity index (χ1n) is 10.7. The van der Waals surface area contributed by atoms with Gasteiger partial charge in [-0.25, -0.2) is 9.59 Å². The number of carbonyl (C=O) groups is 3. The molecule has 1 fully saturated rings. The van der Waals surface area contributed by atoms with E-state index in [1.54, 1.807) is 12.1 Å². The number of benzene rings is 2. The minimum absolute atomic E-state index is 0.0307. The van der Waals surface area contributed by atoms with Crippen LogP contribution in [0.25, 0.3) is 6.08 Å². The van der Waals surface area contributed by atoms with Gasteiger partial charge in [-0.05, 0) is 48.0 Å². The monoisotopic (exact) mass is 652 g/mol. The van der Waals surface area contributed by atoms with Crippen LogP contribution in [0.5, 0.6) is 11.5 Å². The van der Waals surface area contributed by atoms with Crippen molar-refractivity contribution in [3.05, 3.63) is 84.8 Å². The summed E-state index contributed by atoms with van der Waals surface area (Å²) < 4.78 is 23.1. The lowest BCUT2D eigenvalue weighted by atomic mass is 10.1. The molecule has 1 saturated heterocycles. The Morgan fingerprint density at radius 3 is 2.62 bits per heavy atom. The summed E-state index contributed by atoms with van der Waals surface area (Å²) in [5, 5.41) is 2.80. The molecule has 1 aliphatic heterocycles. The van der Waals surface area contributed by atoms with Crippen molar-refractivity contribution in [1.82, 2.24) is 10.2 Å². The van der Waals surface area contributed by atoms with Gasteiger partial charge in [-0.2, -0.15) is 0 Å². The minimum Gasteiger partial charge on any atom is -0.493 e. The van der Waals surface area contributed by atoms with Crippen LogP contribution in [-0.4, -0.2) is 37.0 Å². The van der Waals surface area contributed by atoms with E-state index in [4.69, 9.17) is 25.5 Å². The molecule has 12 heteroatoms. The molecule has 192 valence electrons. The van der Waals surface area contributed by atoms with Crippen molar-refractivity contribution in [2.24, 2.45) is 0 Å². The van der Waals surface area contributed by atoms with Crippen LogP contribution in [0, 0.1) is 0 Å². The highest BCUT2D eigenvalue weighted by Gasteiger charge is 2.34. The van der Waals surface area contributed by atoms with Gasteiger partial charge in [-0.1, -0.05) is 49.5 Å². The first kappa shape index (κ1) is 26.8. The van der Waals surface area contributed by atoms with Gasteiger partial charge in [0.15, 0.2) is 11.5 Å². The van der Waals surface area contributed by atoms with E-state index < -0.39 is 17.9 Å². The van der Waals surface area contributed by atoms with E-state index >= 15 is 0 Å². The zero-order valence-electron chi connectivity index (χ0n) is 19.5. The van der Waals surface area contributed by atoms with Gasteiger partial charge >= 0.3 is 12.0 Å². The van der Waals surface area contributed by atoms with Crippen LogP contribution in [0.15, 0.2) is 61.5 Å². The van der Waals surface area contributed by atoms with Gasteiger partial charge in [-0.3, -0.25) is 9.69 Å². The third-order valence-corrected chi connectivity index (χ3v) is 6.79. The SMILES string of the molecule is COC(=O)c1ccc(CN2C(=O)N/C(=C\c3cc(Cl)c(OCc4ccc(Br)cc4Br)c(OC)c3)C2=O)o1. The first-order valence-corrected chi connectivity index (χ1v) is 12.6. The molecule has 3 amide bonds. The van der Waals surface area contributed by atoms with Crippen LogP contribution in [0.4, 0.5) is 4.79 Å². The average molecular weight is 655 g/mol. The summed E-state index contributed by atoms with van der Waals surface area (Å²) in [5.74, 6) is -0.329. The lowest BCUT2D eigenvalue weighted by Gasteiger charge is -2.14. The number of esters is 1. The molecular formula is C25H19Br2ClN2O7. The smallest absolute Gasteiger partial charge is 0.373 e. The van der Waals surface area contributed by atoms with E-state index in [-0.39, 0.29) is 35.4 Å². The number of urea groups is 1. The lowest BCUT2D eigenvalue weighted by molar-refractivity contribution is -0.123. The van der Waals surface area contributed by atoms with Gasteiger partial charge in [0.25, 0.3) is 5.91 Å².